The number of ether oxygens (including phenoxy) is 1. The highest BCUT2D eigenvalue weighted by Crippen LogP contribution is 2.24. The largest absolute Gasteiger partial charge is 0.478 e. The quantitative estimate of drug-likeness (QED) is 0.720. The first-order chi connectivity index (χ1) is 11.5. The van der Waals surface area contributed by atoms with Crippen LogP contribution in [0.3, 0.4) is 0 Å². The van der Waals surface area contributed by atoms with E-state index in [9.17, 15) is 9.90 Å². The van der Waals surface area contributed by atoms with E-state index >= 15 is 0 Å². The summed E-state index contributed by atoms with van der Waals surface area (Å²) in [5.74, 6) is -0.486. The van der Waals surface area contributed by atoms with Gasteiger partial charge >= 0.3 is 5.97 Å². The summed E-state index contributed by atoms with van der Waals surface area (Å²) in [7, 11) is 0. The average Bonchev–Trinajstić information content (AvgIpc) is 2.57. The summed E-state index contributed by atoms with van der Waals surface area (Å²) in [5.41, 5.74) is 1.80. The van der Waals surface area contributed by atoms with Crippen molar-refractivity contribution in [1.29, 1.82) is 0 Å². The number of hydrogen-bond donors (Lipinski definition) is 1. The Bertz CT molecular complexity index is 884. The minimum atomic E-state index is -0.990. The number of aliphatic carboxylic acids is 1. The fraction of sp³-hybridized carbons (Fsp3) is 0.150. The van der Waals surface area contributed by atoms with Gasteiger partial charge < -0.3 is 9.84 Å². The summed E-state index contributed by atoms with van der Waals surface area (Å²) in [6.07, 6.45) is -0.672. The van der Waals surface area contributed by atoms with Gasteiger partial charge in [-0.1, -0.05) is 54.1 Å². The highest BCUT2D eigenvalue weighted by Gasteiger charge is 2.21. The van der Waals surface area contributed by atoms with Crippen LogP contribution in [0.4, 0.5) is 0 Å². The van der Waals surface area contributed by atoms with Crippen molar-refractivity contribution in [2.24, 2.45) is 0 Å². The molecule has 0 amide bonds. The topological polar surface area (TPSA) is 46.5 Å². The van der Waals surface area contributed by atoms with Gasteiger partial charge in [-0.15, -0.1) is 0 Å². The molecular formula is C20H17ClO3. The van der Waals surface area contributed by atoms with Crippen LogP contribution >= 0.6 is 11.6 Å². The number of carbonyl (C=O) groups is 1. The van der Waals surface area contributed by atoms with Crippen LogP contribution in [0.15, 0.2) is 60.7 Å². The second kappa shape index (κ2) is 6.93. The van der Waals surface area contributed by atoms with Crippen molar-refractivity contribution < 1.29 is 14.6 Å². The van der Waals surface area contributed by atoms with Crippen LogP contribution in [-0.2, 0) is 11.2 Å². The summed E-state index contributed by atoms with van der Waals surface area (Å²) < 4.78 is 5.71. The summed E-state index contributed by atoms with van der Waals surface area (Å²) in [6.45, 7) is 1.86. The third kappa shape index (κ3) is 3.52. The average molecular weight is 341 g/mol. The standard InChI is InChI=1S/C20H17ClO3/c1-13-11-16(9-10-18(13)21)24-19(20(22)23)12-15-7-4-6-14-5-2-3-8-17(14)15/h2-11,19H,12H2,1H3,(H,22,23)/t19-/m1/s1. The number of benzene rings is 3. The van der Waals surface area contributed by atoms with E-state index in [2.05, 4.69) is 0 Å². The van der Waals surface area contributed by atoms with E-state index < -0.39 is 12.1 Å². The molecule has 1 N–H and O–H groups in total. The van der Waals surface area contributed by atoms with Gasteiger partial charge in [-0.05, 0) is 47.0 Å². The second-order valence-electron chi connectivity index (χ2n) is 5.70. The molecule has 24 heavy (non-hydrogen) atoms. The van der Waals surface area contributed by atoms with Crippen molar-refractivity contribution in [2.75, 3.05) is 0 Å². The van der Waals surface area contributed by atoms with E-state index in [1.54, 1.807) is 18.2 Å². The number of aryl methyl sites for hydroxylation is 1. The van der Waals surface area contributed by atoms with Gasteiger partial charge in [0.2, 0.25) is 0 Å². The van der Waals surface area contributed by atoms with Crippen molar-refractivity contribution in [3.05, 3.63) is 76.8 Å². The molecule has 0 unspecified atom stereocenters. The van der Waals surface area contributed by atoms with Gasteiger partial charge in [0.15, 0.2) is 6.10 Å². The highest BCUT2D eigenvalue weighted by molar-refractivity contribution is 6.31. The second-order valence-corrected chi connectivity index (χ2v) is 6.11. The lowest BCUT2D eigenvalue weighted by Crippen LogP contribution is -2.29. The van der Waals surface area contributed by atoms with E-state index in [4.69, 9.17) is 16.3 Å². The molecule has 0 bridgehead atoms. The van der Waals surface area contributed by atoms with Gasteiger partial charge in [-0.2, -0.15) is 0 Å². The maximum absolute atomic E-state index is 11.6. The zero-order valence-corrected chi connectivity index (χ0v) is 14.0. The monoisotopic (exact) mass is 340 g/mol. The van der Waals surface area contributed by atoms with Crippen molar-refractivity contribution in [3.63, 3.8) is 0 Å². The Balaban J connectivity index is 1.88. The van der Waals surface area contributed by atoms with Crippen molar-refractivity contribution >= 4 is 28.3 Å². The summed E-state index contributed by atoms with van der Waals surface area (Å²) in [5, 5.41) is 12.3. The smallest absolute Gasteiger partial charge is 0.345 e. The molecule has 3 nitrogen and oxygen atoms in total. The predicted molar refractivity (Wildman–Crippen MR) is 95.9 cm³/mol. The summed E-state index contributed by atoms with van der Waals surface area (Å²) in [6, 6.07) is 19.0. The number of carboxylic acid groups (broad SMARTS) is 1. The van der Waals surface area contributed by atoms with Crippen LogP contribution in [0.1, 0.15) is 11.1 Å². The van der Waals surface area contributed by atoms with Gasteiger partial charge in [0.25, 0.3) is 0 Å². The van der Waals surface area contributed by atoms with Crippen LogP contribution in [0.2, 0.25) is 5.02 Å². The van der Waals surface area contributed by atoms with Crippen molar-refractivity contribution in [1.82, 2.24) is 0 Å². The molecule has 3 aromatic rings. The van der Waals surface area contributed by atoms with E-state index in [-0.39, 0.29) is 0 Å². The van der Waals surface area contributed by atoms with Gasteiger partial charge in [-0.25, -0.2) is 4.79 Å². The molecule has 3 aromatic carbocycles. The Labute approximate surface area is 145 Å². The zero-order chi connectivity index (χ0) is 17.1. The first-order valence-corrected chi connectivity index (χ1v) is 8.04. The van der Waals surface area contributed by atoms with Gasteiger partial charge in [0.1, 0.15) is 5.75 Å². The van der Waals surface area contributed by atoms with Crippen LogP contribution < -0.4 is 4.74 Å². The minimum absolute atomic E-state index is 0.290. The maximum atomic E-state index is 11.6. The van der Waals surface area contributed by atoms with Crippen molar-refractivity contribution in [2.45, 2.75) is 19.4 Å². The predicted octanol–water partition coefficient (Wildman–Crippen LogP) is 4.88. The molecule has 0 saturated carbocycles. The van der Waals surface area contributed by atoms with E-state index in [1.807, 2.05) is 49.4 Å². The molecule has 0 aromatic heterocycles. The fourth-order valence-corrected chi connectivity index (χ4v) is 2.82. The number of hydrogen-bond acceptors (Lipinski definition) is 2. The normalized spacial score (nSPS) is 12.1. The molecule has 0 aliphatic carbocycles. The molecule has 0 heterocycles. The molecule has 0 aliphatic rings. The number of carboxylic acids is 1. The SMILES string of the molecule is Cc1cc(O[C@H](Cc2cccc3ccccc23)C(=O)O)ccc1Cl. The molecule has 0 saturated heterocycles. The molecule has 0 aliphatic heterocycles. The molecular weight excluding hydrogens is 324 g/mol. The molecule has 0 spiro atoms. The highest BCUT2D eigenvalue weighted by atomic mass is 35.5. The van der Waals surface area contributed by atoms with E-state index in [1.165, 1.54) is 0 Å². The van der Waals surface area contributed by atoms with Gasteiger partial charge in [0, 0.05) is 11.4 Å². The minimum Gasteiger partial charge on any atom is -0.478 e. The Morgan fingerprint density at radius 1 is 1.12 bits per heavy atom. The summed E-state index contributed by atoms with van der Waals surface area (Å²) >= 11 is 6.00. The van der Waals surface area contributed by atoms with E-state index in [0.29, 0.717) is 17.2 Å². The fourth-order valence-electron chi connectivity index (χ4n) is 2.70. The lowest BCUT2D eigenvalue weighted by molar-refractivity contribution is -0.145. The number of fused-ring (bicyclic) bond motifs is 1. The molecule has 0 fully saturated rings. The van der Waals surface area contributed by atoms with Crippen LogP contribution in [0.5, 0.6) is 5.75 Å². The van der Waals surface area contributed by atoms with Crippen LogP contribution in [0, 0.1) is 6.92 Å². The van der Waals surface area contributed by atoms with E-state index in [0.717, 1.165) is 21.9 Å². The number of halogens is 1. The molecule has 122 valence electrons. The Kier molecular flexibility index (Phi) is 4.72. The Morgan fingerprint density at radius 3 is 2.62 bits per heavy atom. The third-order valence-electron chi connectivity index (χ3n) is 3.97. The van der Waals surface area contributed by atoms with Crippen LogP contribution in [-0.4, -0.2) is 17.2 Å². The van der Waals surface area contributed by atoms with Gasteiger partial charge in [-0.3, -0.25) is 0 Å². The first-order valence-electron chi connectivity index (χ1n) is 7.67. The van der Waals surface area contributed by atoms with Gasteiger partial charge in [0.05, 0.1) is 0 Å². The number of rotatable bonds is 5. The molecule has 3 rings (SSSR count). The Hall–Kier alpha value is -2.52. The molecule has 0 radical (unpaired) electrons. The third-order valence-corrected chi connectivity index (χ3v) is 4.39. The summed E-state index contributed by atoms with van der Waals surface area (Å²) in [4.78, 5) is 11.6. The zero-order valence-electron chi connectivity index (χ0n) is 13.2. The molecule has 1 atom stereocenters. The van der Waals surface area contributed by atoms with Crippen molar-refractivity contribution in [3.8, 4) is 5.75 Å². The lowest BCUT2D eigenvalue weighted by atomic mass is 10.00. The lowest BCUT2D eigenvalue weighted by Gasteiger charge is -2.17. The molecule has 4 heteroatoms. The maximum Gasteiger partial charge on any atom is 0.345 e. The first kappa shape index (κ1) is 16.3. The van der Waals surface area contributed by atoms with Crippen LogP contribution in [0.25, 0.3) is 10.8 Å². The Morgan fingerprint density at radius 2 is 1.88 bits per heavy atom.